The van der Waals surface area contributed by atoms with Crippen molar-refractivity contribution in [2.24, 2.45) is 0 Å². The second-order valence-electron chi connectivity index (χ2n) is 4.97. The Bertz CT molecular complexity index is 670. The summed E-state index contributed by atoms with van der Waals surface area (Å²) in [4.78, 5) is 8.86. The highest BCUT2D eigenvalue weighted by Gasteiger charge is 2.27. The average Bonchev–Trinajstić information content (AvgIpc) is 3.23. The van der Waals surface area contributed by atoms with Gasteiger partial charge in [0.15, 0.2) is 0 Å². The van der Waals surface area contributed by atoms with Crippen LogP contribution in [0.4, 0.5) is 21.7 Å². The number of nitrogens with two attached hydrogens (primary N) is 1. The summed E-state index contributed by atoms with van der Waals surface area (Å²) in [6.07, 6.45) is 2.23. The van der Waals surface area contributed by atoms with Crippen molar-refractivity contribution in [3.05, 3.63) is 39.9 Å². The van der Waals surface area contributed by atoms with Crippen LogP contribution in [0.15, 0.2) is 22.7 Å². The van der Waals surface area contributed by atoms with Crippen LogP contribution in [0, 0.1) is 12.7 Å². The second-order valence-corrected chi connectivity index (χ2v) is 5.82. The van der Waals surface area contributed by atoms with Crippen LogP contribution in [-0.2, 0) is 0 Å². The van der Waals surface area contributed by atoms with Gasteiger partial charge < -0.3 is 11.1 Å². The van der Waals surface area contributed by atoms with Crippen molar-refractivity contribution in [1.29, 1.82) is 0 Å². The van der Waals surface area contributed by atoms with Gasteiger partial charge in [-0.3, -0.25) is 0 Å². The number of aromatic nitrogens is 2. The molecular formula is C14H14BrFN4. The molecule has 1 heterocycles. The van der Waals surface area contributed by atoms with Gasteiger partial charge in [-0.1, -0.05) is 0 Å². The van der Waals surface area contributed by atoms with E-state index in [1.54, 1.807) is 12.1 Å². The molecule has 4 nitrogen and oxygen atoms in total. The summed E-state index contributed by atoms with van der Waals surface area (Å²) in [5.41, 5.74) is 7.49. The molecule has 0 amide bonds. The molecule has 1 saturated carbocycles. The number of nitrogen functional groups attached to an aromatic ring is 1. The lowest BCUT2D eigenvalue weighted by Gasteiger charge is -2.12. The molecule has 1 aromatic carbocycles. The van der Waals surface area contributed by atoms with Crippen LogP contribution in [0.2, 0.25) is 0 Å². The van der Waals surface area contributed by atoms with E-state index < -0.39 is 0 Å². The maximum absolute atomic E-state index is 13.2. The normalized spacial score (nSPS) is 14.3. The number of benzene rings is 1. The Morgan fingerprint density at radius 1 is 1.35 bits per heavy atom. The van der Waals surface area contributed by atoms with E-state index in [0.717, 1.165) is 29.9 Å². The van der Waals surface area contributed by atoms with Gasteiger partial charge >= 0.3 is 0 Å². The molecule has 1 aromatic heterocycles. The Morgan fingerprint density at radius 3 is 2.75 bits per heavy atom. The fraction of sp³-hybridized carbons (Fsp3) is 0.286. The van der Waals surface area contributed by atoms with Crippen molar-refractivity contribution in [1.82, 2.24) is 9.97 Å². The van der Waals surface area contributed by atoms with Gasteiger partial charge in [-0.25, -0.2) is 14.4 Å². The number of rotatable bonds is 3. The molecule has 0 atom stereocenters. The van der Waals surface area contributed by atoms with Crippen LogP contribution < -0.4 is 11.1 Å². The van der Waals surface area contributed by atoms with Crippen LogP contribution in [-0.4, -0.2) is 9.97 Å². The highest BCUT2D eigenvalue weighted by atomic mass is 79.9. The van der Waals surface area contributed by atoms with Gasteiger partial charge in [-0.05, 0) is 53.9 Å². The summed E-state index contributed by atoms with van der Waals surface area (Å²) in [6.45, 7) is 1.87. The van der Waals surface area contributed by atoms with Gasteiger partial charge in [-0.15, -0.1) is 0 Å². The summed E-state index contributed by atoms with van der Waals surface area (Å²) in [5.74, 6) is 2.09. The Kier molecular flexibility index (Phi) is 3.33. The van der Waals surface area contributed by atoms with Gasteiger partial charge in [-0.2, -0.15) is 0 Å². The molecule has 0 radical (unpaired) electrons. The zero-order chi connectivity index (χ0) is 14.3. The van der Waals surface area contributed by atoms with Gasteiger partial charge in [0.25, 0.3) is 0 Å². The smallest absolute Gasteiger partial charge is 0.139 e. The van der Waals surface area contributed by atoms with Gasteiger partial charge in [0.1, 0.15) is 23.3 Å². The minimum atomic E-state index is -0.298. The van der Waals surface area contributed by atoms with E-state index in [1.165, 1.54) is 6.07 Å². The zero-order valence-electron chi connectivity index (χ0n) is 11.0. The van der Waals surface area contributed by atoms with E-state index in [1.807, 2.05) is 6.92 Å². The molecule has 3 rings (SSSR count). The first-order chi connectivity index (χ1) is 9.54. The number of halogens is 2. The van der Waals surface area contributed by atoms with Crippen LogP contribution in [0.3, 0.4) is 0 Å². The van der Waals surface area contributed by atoms with E-state index in [0.29, 0.717) is 22.0 Å². The minimum Gasteiger partial charge on any atom is -0.383 e. The largest absolute Gasteiger partial charge is 0.383 e. The van der Waals surface area contributed by atoms with Gasteiger partial charge in [0.05, 0.1) is 4.47 Å². The van der Waals surface area contributed by atoms with Crippen LogP contribution in [0.1, 0.15) is 30.1 Å². The molecule has 1 fully saturated rings. The van der Waals surface area contributed by atoms with Crippen LogP contribution >= 0.6 is 15.9 Å². The van der Waals surface area contributed by atoms with Crippen molar-refractivity contribution in [3.8, 4) is 0 Å². The topological polar surface area (TPSA) is 63.8 Å². The molecule has 0 saturated heterocycles. The van der Waals surface area contributed by atoms with Gasteiger partial charge in [0, 0.05) is 17.2 Å². The number of hydrogen-bond donors (Lipinski definition) is 2. The highest BCUT2D eigenvalue weighted by Crippen LogP contribution is 2.39. The zero-order valence-corrected chi connectivity index (χ0v) is 12.5. The minimum absolute atomic E-state index is 0.298. The standard InChI is InChI=1S/C14H14BrFN4/c1-7-12(17)19-14(8-2-3-8)20-13(7)18-9-4-5-11(16)10(15)6-9/h4-6,8H,2-3H2,1H3,(H3,17,18,19,20). The fourth-order valence-corrected chi connectivity index (χ4v) is 2.29. The summed E-state index contributed by atoms with van der Waals surface area (Å²) in [5, 5.41) is 3.18. The first-order valence-electron chi connectivity index (χ1n) is 6.40. The van der Waals surface area contributed by atoms with Crippen molar-refractivity contribution >= 4 is 33.3 Å². The lowest BCUT2D eigenvalue weighted by molar-refractivity contribution is 0.621. The SMILES string of the molecule is Cc1c(N)nc(C2CC2)nc1Nc1ccc(F)c(Br)c1. The quantitative estimate of drug-likeness (QED) is 0.892. The third-order valence-corrected chi connectivity index (χ3v) is 3.93. The molecule has 2 aromatic rings. The van der Waals surface area contributed by atoms with Crippen LogP contribution in [0.5, 0.6) is 0 Å². The summed E-state index contributed by atoms with van der Waals surface area (Å²) in [7, 11) is 0. The van der Waals surface area contributed by atoms with Crippen molar-refractivity contribution < 1.29 is 4.39 Å². The summed E-state index contributed by atoms with van der Waals surface area (Å²) in [6, 6.07) is 4.73. The van der Waals surface area contributed by atoms with E-state index in [4.69, 9.17) is 5.73 Å². The maximum Gasteiger partial charge on any atom is 0.139 e. The van der Waals surface area contributed by atoms with E-state index >= 15 is 0 Å². The first-order valence-corrected chi connectivity index (χ1v) is 7.20. The lowest BCUT2D eigenvalue weighted by Crippen LogP contribution is -2.06. The molecule has 1 aliphatic rings. The fourth-order valence-electron chi connectivity index (χ4n) is 1.91. The van der Waals surface area contributed by atoms with Crippen molar-refractivity contribution in [2.75, 3.05) is 11.1 Å². The number of hydrogen-bond acceptors (Lipinski definition) is 4. The third-order valence-electron chi connectivity index (χ3n) is 3.33. The molecule has 1 aliphatic carbocycles. The monoisotopic (exact) mass is 336 g/mol. The molecule has 3 N–H and O–H groups in total. The molecule has 0 unspecified atom stereocenters. The molecular weight excluding hydrogens is 323 g/mol. The molecule has 0 spiro atoms. The number of nitrogens with one attached hydrogen (secondary N) is 1. The van der Waals surface area contributed by atoms with Crippen molar-refractivity contribution in [3.63, 3.8) is 0 Å². The molecule has 0 aliphatic heterocycles. The Balaban J connectivity index is 1.94. The second kappa shape index (κ2) is 5.01. The first kappa shape index (κ1) is 13.3. The van der Waals surface area contributed by atoms with Crippen molar-refractivity contribution in [2.45, 2.75) is 25.7 Å². The predicted octanol–water partition coefficient (Wildman–Crippen LogP) is 3.89. The maximum atomic E-state index is 13.2. The van der Waals surface area contributed by atoms with E-state index in [2.05, 4.69) is 31.2 Å². The molecule has 0 bridgehead atoms. The van der Waals surface area contributed by atoms with Gasteiger partial charge in [0.2, 0.25) is 0 Å². The Hall–Kier alpha value is -1.69. The molecule has 6 heteroatoms. The number of anilines is 3. The van der Waals surface area contributed by atoms with E-state index in [9.17, 15) is 4.39 Å². The average molecular weight is 337 g/mol. The molecule has 20 heavy (non-hydrogen) atoms. The summed E-state index contributed by atoms with van der Waals surface area (Å²) < 4.78 is 13.6. The highest BCUT2D eigenvalue weighted by molar-refractivity contribution is 9.10. The Labute approximate surface area is 124 Å². The lowest BCUT2D eigenvalue weighted by atomic mass is 10.2. The number of nitrogens with zero attached hydrogens (tertiary/aromatic N) is 2. The summed E-state index contributed by atoms with van der Waals surface area (Å²) >= 11 is 3.17. The third kappa shape index (κ3) is 2.60. The Morgan fingerprint density at radius 2 is 2.10 bits per heavy atom. The molecule has 104 valence electrons. The van der Waals surface area contributed by atoms with E-state index in [-0.39, 0.29) is 5.82 Å². The predicted molar refractivity (Wildman–Crippen MR) is 80.5 cm³/mol. The van der Waals surface area contributed by atoms with Crippen LogP contribution in [0.25, 0.3) is 0 Å².